The molecule has 2 rings (SSSR count). The zero-order valence-corrected chi connectivity index (χ0v) is 13.1. The Morgan fingerprint density at radius 3 is 2.76 bits per heavy atom. The second kappa shape index (κ2) is 6.48. The smallest absolute Gasteiger partial charge is 0.230 e. The number of hydrogen-bond acceptors (Lipinski definition) is 3. The molecule has 1 aromatic rings. The van der Waals surface area contributed by atoms with Crippen LogP contribution in [0.4, 0.5) is 0 Å². The van der Waals surface area contributed by atoms with Gasteiger partial charge in [0.05, 0.1) is 12.5 Å². The van der Waals surface area contributed by atoms with E-state index in [9.17, 15) is 4.79 Å². The predicted molar refractivity (Wildman–Crippen MR) is 82.6 cm³/mol. The molecule has 116 valence electrons. The Labute approximate surface area is 126 Å². The summed E-state index contributed by atoms with van der Waals surface area (Å²) in [5.41, 5.74) is 1.74. The fraction of sp³-hybridized carbons (Fsp3) is 0.588. The van der Waals surface area contributed by atoms with Crippen LogP contribution in [0.3, 0.4) is 0 Å². The molecule has 1 atom stereocenters. The largest absolute Gasteiger partial charge is 0.496 e. The standard InChI is InChI=1S/C17H25NO3/c1-12-6-7-14(11-15(12)21-3)17(8-9-17)16(20)18-13(2)5-4-10-19/h6-7,11,13,19H,4-5,8-10H2,1-3H3,(H,18,20). The van der Waals surface area contributed by atoms with Gasteiger partial charge in [-0.25, -0.2) is 0 Å². The maximum Gasteiger partial charge on any atom is 0.230 e. The van der Waals surface area contributed by atoms with Crippen LogP contribution in [-0.2, 0) is 10.2 Å². The Bertz CT molecular complexity index is 509. The van der Waals surface area contributed by atoms with Crippen LogP contribution in [0.1, 0.15) is 43.7 Å². The first kappa shape index (κ1) is 15.8. The van der Waals surface area contributed by atoms with Crippen molar-refractivity contribution >= 4 is 5.91 Å². The summed E-state index contributed by atoms with van der Waals surface area (Å²) in [4.78, 5) is 12.6. The molecule has 1 aliphatic carbocycles. The third-order valence-corrected chi connectivity index (χ3v) is 4.32. The molecule has 0 heterocycles. The van der Waals surface area contributed by atoms with Crippen LogP contribution >= 0.6 is 0 Å². The topological polar surface area (TPSA) is 58.6 Å². The highest BCUT2D eigenvalue weighted by molar-refractivity contribution is 5.91. The average Bonchev–Trinajstić information content (AvgIpc) is 3.27. The van der Waals surface area contributed by atoms with Gasteiger partial charge in [0.2, 0.25) is 5.91 Å². The van der Waals surface area contributed by atoms with Gasteiger partial charge in [0, 0.05) is 12.6 Å². The number of nitrogens with one attached hydrogen (secondary N) is 1. The molecule has 21 heavy (non-hydrogen) atoms. The fourth-order valence-electron chi connectivity index (χ4n) is 2.72. The zero-order valence-electron chi connectivity index (χ0n) is 13.1. The second-order valence-corrected chi connectivity index (χ2v) is 6.01. The minimum Gasteiger partial charge on any atom is -0.496 e. The number of carbonyl (C=O) groups is 1. The average molecular weight is 291 g/mol. The fourth-order valence-corrected chi connectivity index (χ4v) is 2.72. The van der Waals surface area contributed by atoms with Crippen LogP contribution in [0, 0.1) is 6.92 Å². The quantitative estimate of drug-likeness (QED) is 0.810. The molecule has 1 aliphatic rings. The summed E-state index contributed by atoms with van der Waals surface area (Å²) >= 11 is 0. The number of benzene rings is 1. The van der Waals surface area contributed by atoms with E-state index in [2.05, 4.69) is 5.32 Å². The van der Waals surface area contributed by atoms with Gasteiger partial charge in [0.15, 0.2) is 0 Å². The zero-order chi connectivity index (χ0) is 15.5. The number of carbonyl (C=O) groups excluding carboxylic acids is 1. The summed E-state index contributed by atoms with van der Waals surface area (Å²) in [5, 5.41) is 11.9. The van der Waals surface area contributed by atoms with E-state index in [0.717, 1.165) is 36.1 Å². The summed E-state index contributed by atoms with van der Waals surface area (Å²) in [6.45, 7) is 4.15. The highest BCUT2D eigenvalue weighted by Crippen LogP contribution is 2.49. The molecule has 1 unspecified atom stereocenters. The van der Waals surface area contributed by atoms with Gasteiger partial charge in [-0.1, -0.05) is 12.1 Å². The van der Waals surface area contributed by atoms with Crippen LogP contribution < -0.4 is 10.1 Å². The SMILES string of the molecule is COc1cc(C2(C(=O)NC(C)CCCO)CC2)ccc1C. The lowest BCUT2D eigenvalue weighted by molar-refractivity contribution is -0.124. The lowest BCUT2D eigenvalue weighted by Crippen LogP contribution is -2.40. The van der Waals surface area contributed by atoms with Crippen molar-refractivity contribution in [3.63, 3.8) is 0 Å². The van der Waals surface area contributed by atoms with Gasteiger partial charge in [-0.2, -0.15) is 0 Å². The van der Waals surface area contributed by atoms with Crippen molar-refractivity contribution in [1.82, 2.24) is 5.32 Å². The van der Waals surface area contributed by atoms with E-state index in [1.54, 1.807) is 7.11 Å². The van der Waals surface area contributed by atoms with Crippen molar-refractivity contribution in [3.8, 4) is 5.75 Å². The van der Waals surface area contributed by atoms with Gasteiger partial charge in [-0.3, -0.25) is 4.79 Å². The number of aliphatic hydroxyl groups is 1. The van der Waals surface area contributed by atoms with E-state index >= 15 is 0 Å². The third kappa shape index (κ3) is 3.38. The molecule has 1 fully saturated rings. The molecule has 0 bridgehead atoms. The van der Waals surface area contributed by atoms with E-state index in [4.69, 9.17) is 9.84 Å². The van der Waals surface area contributed by atoms with Crippen LogP contribution in [0.15, 0.2) is 18.2 Å². The van der Waals surface area contributed by atoms with Crippen LogP contribution in [0.5, 0.6) is 5.75 Å². The molecule has 0 spiro atoms. The monoisotopic (exact) mass is 291 g/mol. The number of aryl methyl sites for hydroxylation is 1. The summed E-state index contributed by atoms with van der Waals surface area (Å²) in [7, 11) is 1.66. The van der Waals surface area contributed by atoms with Gasteiger partial charge in [0.1, 0.15) is 5.75 Å². The van der Waals surface area contributed by atoms with Crippen LogP contribution in [0.25, 0.3) is 0 Å². The van der Waals surface area contributed by atoms with E-state index in [1.165, 1.54) is 0 Å². The highest BCUT2D eigenvalue weighted by atomic mass is 16.5. The van der Waals surface area contributed by atoms with Crippen molar-refractivity contribution in [2.45, 2.75) is 51.0 Å². The predicted octanol–water partition coefficient (Wildman–Crippen LogP) is 2.31. The molecule has 1 saturated carbocycles. The van der Waals surface area contributed by atoms with E-state index in [-0.39, 0.29) is 24.0 Å². The molecule has 2 N–H and O–H groups in total. The van der Waals surface area contributed by atoms with Gasteiger partial charge in [-0.15, -0.1) is 0 Å². The molecule has 0 radical (unpaired) electrons. The first-order chi connectivity index (χ1) is 10.0. The Hall–Kier alpha value is -1.55. The lowest BCUT2D eigenvalue weighted by atomic mass is 9.93. The number of hydrogen-bond donors (Lipinski definition) is 2. The summed E-state index contributed by atoms with van der Waals surface area (Å²) in [5.74, 6) is 0.929. The van der Waals surface area contributed by atoms with Crippen molar-refractivity contribution in [2.75, 3.05) is 13.7 Å². The molecule has 0 saturated heterocycles. The third-order valence-electron chi connectivity index (χ3n) is 4.32. The Balaban J connectivity index is 2.09. The Kier molecular flexibility index (Phi) is 4.88. The number of aliphatic hydroxyl groups excluding tert-OH is 1. The summed E-state index contributed by atoms with van der Waals surface area (Å²) in [6, 6.07) is 6.12. The normalized spacial score (nSPS) is 17.1. The minimum atomic E-state index is -0.381. The van der Waals surface area contributed by atoms with Gasteiger partial charge in [0.25, 0.3) is 0 Å². The van der Waals surface area contributed by atoms with Crippen molar-refractivity contribution in [1.29, 1.82) is 0 Å². The van der Waals surface area contributed by atoms with E-state index in [0.29, 0.717) is 6.42 Å². The minimum absolute atomic E-state index is 0.0921. The van der Waals surface area contributed by atoms with Crippen molar-refractivity contribution in [2.24, 2.45) is 0 Å². The Morgan fingerprint density at radius 1 is 1.48 bits per heavy atom. The maximum atomic E-state index is 12.6. The van der Waals surface area contributed by atoms with E-state index in [1.807, 2.05) is 32.0 Å². The van der Waals surface area contributed by atoms with Crippen LogP contribution in [-0.4, -0.2) is 30.8 Å². The number of amides is 1. The van der Waals surface area contributed by atoms with Crippen molar-refractivity contribution < 1.29 is 14.6 Å². The number of methoxy groups -OCH3 is 1. The highest BCUT2D eigenvalue weighted by Gasteiger charge is 2.51. The first-order valence-corrected chi connectivity index (χ1v) is 7.60. The van der Waals surface area contributed by atoms with Gasteiger partial charge < -0.3 is 15.2 Å². The molecular weight excluding hydrogens is 266 g/mol. The molecule has 1 amide bonds. The molecular formula is C17H25NO3. The van der Waals surface area contributed by atoms with Crippen LogP contribution in [0.2, 0.25) is 0 Å². The molecule has 0 aromatic heterocycles. The summed E-state index contributed by atoms with van der Waals surface area (Å²) < 4.78 is 5.36. The number of ether oxygens (including phenoxy) is 1. The summed E-state index contributed by atoms with van der Waals surface area (Å²) in [6.07, 6.45) is 3.29. The van der Waals surface area contributed by atoms with Crippen molar-refractivity contribution in [3.05, 3.63) is 29.3 Å². The molecule has 0 aliphatic heterocycles. The van der Waals surface area contributed by atoms with Gasteiger partial charge in [-0.05, 0) is 56.7 Å². The molecule has 4 heteroatoms. The van der Waals surface area contributed by atoms with Gasteiger partial charge >= 0.3 is 0 Å². The first-order valence-electron chi connectivity index (χ1n) is 7.60. The Morgan fingerprint density at radius 2 is 2.19 bits per heavy atom. The second-order valence-electron chi connectivity index (χ2n) is 6.01. The van der Waals surface area contributed by atoms with E-state index < -0.39 is 0 Å². The number of rotatable bonds is 7. The lowest BCUT2D eigenvalue weighted by Gasteiger charge is -2.20. The molecule has 4 nitrogen and oxygen atoms in total. The maximum absolute atomic E-state index is 12.6. The molecule has 1 aromatic carbocycles.